The van der Waals surface area contributed by atoms with Crippen LogP contribution in [0.25, 0.3) is 22.3 Å². The summed E-state index contributed by atoms with van der Waals surface area (Å²) in [5.41, 5.74) is 0.754. The van der Waals surface area contributed by atoms with Crippen LogP contribution in [0.4, 0.5) is 0 Å². The number of para-hydroxylation sites is 1. The van der Waals surface area contributed by atoms with Crippen LogP contribution in [-0.2, 0) is 9.47 Å². The van der Waals surface area contributed by atoms with Crippen molar-refractivity contribution in [2.24, 2.45) is 0 Å². The highest BCUT2D eigenvalue weighted by atomic mass is 79.9. The summed E-state index contributed by atoms with van der Waals surface area (Å²) < 4.78 is 29.3. The Balaban J connectivity index is 1.71. The van der Waals surface area contributed by atoms with Gasteiger partial charge in [-0.15, -0.1) is 0 Å². The van der Waals surface area contributed by atoms with Crippen LogP contribution in [0.1, 0.15) is 13.3 Å². The van der Waals surface area contributed by atoms with Gasteiger partial charge in [0, 0.05) is 12.5 Å². The Morgan fingerprint density at radius 2 is 1.93 bits per heavy atom. The van der Waals surface area contributed by atoms with Gasteiger partial charge in [0.25, 0.3) is 0 Å². The van der Waals surface area contributed by atoms with E-state index < -0.39 is 0 Å². The maximum atomic E-state index is 12.6. The van der Waals surface area contributed by atoms with Crippen molar-refractivity contribution in [3.63, 3.8) is 0 Å². The van der Waals surface area contributed by atoms with E-state index in [-0.39, 0.29) is 11.7 Å². The maximum absolute atomic E-state index is 12.6. The number of benzene rings is 2. The second-order valence-corrected chi connectivity index (χ2v) is 7.87. The predicted molar refractivity (Wildman–Crippen MR) is 118 cm³/mol. The van der Waals surface area contributed by atoms with E-state index in [0.717, 1.165) is 4.47 Å². The van der Waals surface area contributed by atoms with Crippen LogP contribution in [0, 0.1) is 0 Å². The van der Waals surface area contributed by atoms with Gasteiger partial charge in [0.05, 0.1) is 46.9 Å². The fraction of sp³-hybridized carbons (Fsp3) is 0.318. The molecule has 1 fully saturated rings. The van der Waals surface area contributed by atoms with Crippen molar-refractivity contribution < 1.29 is 23.4 Å². The predicted octanol–water partition coefficient (Wildman–Crippen LogP) is 5.42. The summed E-state index contributed by atoms with van der Waals surface area (Å²) in [7, 11) is 0. The van der Waals surface area contributed by atoms with Crippen molar-refractivity contribution in [1.29, 1.82) is 0 Å². The van der Waals surface area contributed by atoms with Gasteiger partial charge in [-0.25, -0.2) is 0 Å². The first-order valence-electron chi connectivity index (χ1n) is 9.62. The normalized spacial score (nSPS) is 14.4. The molecular formula is C22H20BrClO6. The molecule has 1 saturated heterocycles. The van der Waals surface area contributed by atoms with Gasteiger partial charge in [-0.3, -0.25) is 4.79 Å². The summed E-state index contributed by atoms with van der Waals surface area (Å²) in [6.07, 6.45) is 0.363. The van der Waals surface area contributed by atoms with E-state index in [0.29, 0.717) is 71.7 Å². The second-order valence-electron chi connectivity index (χ2n) is 6.61. The van der Waals surface area contributed by atoms with Gasteiger partial charge in [-0.05, 0) is 47.1 Å². The van der Waals surface area contributed by atoms with Crippen LogP contribution in [0.5, 0.6) is 11.5 Å². The summed E-state index contributed by atoms with van der Waals surface area (Å²) in [6, 6.07) is 10.1. The molecule has 1 aromatic heterocycles. The first kappa shape index (κ1) is 21.2. The minimum atomic E-state index is -0.244. The van der Waals surface area contributed by atoms with Crippen LogP contribution < -0.4 is 14.9 Å². The third-order valence-corrected chi connectivity index (χ3v) is 5.53. The van der Waals surface area contributed by atoms with Crippen molar-refractivity contribution in [2.45, 2.75) is 19.6 Å². The lowest BCUT2D eigenvalue weighted by Gasteiger charge is -2.16. The highest BCUT2D eigenvalue weighted by molar-refractivity contribution is 9.10. The molecule has 6 nitrogen and oxygen atoms in total. The molecule has 0 amide bonds. The Labute approximate surface area is 186 Å². The number of ether oxygens (including phenoxy) is 4. The van der Waals surface area contributed by atoms with Crippen LogP contribution in [0.15, 0.2) is 50.1 Å². The Morgan fingerprint density at radius 1 is 1.13 bits per heavy atom. The fourth-order valence-corrected chi connectivity index (χ4v) is 3.88. The van der Waals surface area contributed by atoms with Gasteiger partial charge < -0.3 is 23.4 Å². The zero-order valence-corrected chi connectivity index (χ0v) is 18.6. The molecule has 1 aliphatic heterocycles. The third kappa shape index (κ3) is 4.49. The van der Waals surface area contributed by atoms with Crippen LogP contribution in [-0.4, -0.2) is 32.7 Å². The molecule has 4 rings (SSSR count). The highest BCUT2D eigenvalue weighted by Crippen LogP contribution is 2.40. The average molecular weight is 496 g/mol. The smallest absolute Gasteiger partial charge is 0.193 e. The Hall–Kier alpha value is -2.06. The van der Waals surface area contributed by atoms with Crippen LogP contribution >= 0.6 is 27.5 Å². The van der Waals surface area contributed by atoms with Crippen molar-refractivity contribution in [3.05, 3.63) is 56.1 Å². The Bertz CT molecular complexity index is 1110. The quantitative estimate of drug-likeness (QED) is 0.436. The molecule has 30 heavy (non-hydrogen) atoms. The minimum absolute atomic E-state index is 0.183. The number of rotatable bonds is 7. The van der Waals surface area contributed by atoms with E-state index in [9.17, 15) is 4.79 Å². The van der Waals surface area contributed by atoms with E-state index in [4.69, 9.17) is 35.0 Å². The van der Waals surface area contributed by atoms with E-state index in [1.807, 2.05) is 6.92 Å². The van der Waals surface area contributed by atoms with Gasteiger partial charge in [-0.2, -0.15) is 0 Å². The van der Waals surface area contributed by atoms with Gasteiger partial charge in [0.15, 0.2) is 17.3 Å². The van der Waals surface area contributed by atoms with E-state index >= 15 is 0 Å². The van der Waals surface area contributed by atoms with Crippen molar-refractivity contribution in [3.8, 4) is 22.8 Å². The molecular weight excluding hydrogens is 476 g/mol. The second kappa shape index (κ2) is 9.39. The molecule has 2 heterocycles. The standard InChI is InChI=1S/C22H20BrClO6/c1-2-26-18-11-15(23)20(27-7-6-21-28-8-9-29-21)10-14(18)19-12-17(25)13-4-3-5-16(24)22(13)30-19/h3-5,10-12,21H,2,6-9H2,1H3. The monoisotopic (exact) mass is 494 g/mol. The number of hydrogen-bond acceptors (Lipinski definition) is 6. The average Bonchev–Trinajstić information content (AvgIpc) is 3.24. The number of hydrogen-bond donors (Lipinski definition) is 0. The highest BCUT2D eigenvalue weighted by Gasteiger charge is 2.19. The first-order valence-corrected chi connectivity index (χ1v) is 10.8. The number of fused-ring (bicyclic) bond motifs is 1. The first-order chi connectivity index (χ1) is 14.6. The molecule has 0 atom stereocenters. The third-order valence-electron chi connectivity index (χ3n) is 4.61. The summed E-state index contributed by atoms with van der Waals surface area (Å²) in [4.78, 5) is 12.6. The minimum Gasteiger partial charge on any atom is -0.493 e. The summed E-state index contributed by atoms with van der Waals surface area (Å²) in [5, 5.41) is 0.795. The molecule has 158 valence electrons. The Kier molecular flexibility index (Phi) is 6.63. The SMILES string of the molecule is CCOc1cc(Br)c(OCCC2OCCO2)cc1-c1cc(=O)c2cccc(Cl)c2o1. The lowest BCUT2D eigenvalue weighted by atomic mass is 10.1. The van der Waals surface area contributed by atoms with E-state index in [1.165, 1.54) is 6.07 Å². The van der Waals surface area contributed by atoms with E-state index in [1.54, 1.807) is 30.3 Å². The molecule has 1 aliphatic rings. The molecule has 0 aliphatic carbocycles. The molecule has 0 N–H and O–H groups in total. The van der Waals surface area contributed by atoms with Crippen LogP contribution in [0.3, 0.4) is 0 Å². The zero-order chi connectivity index (χ0) is 21.1. The molecule has 0 bridgehead atoms. The van der Waals surface area contributed by atoms with Crippen molar-refractivity contribution in [1.82, 2.24) is 0 Å². The van der Waals surface area contributed by atoms with Gasteiger partial charge in [0.1, 0.15) is 17.3 Å². The maximum Gasteiger partial charge on any atom is 0.193 e. The summed E-state index contributed by atoms with van der Waals surface area (Å²) in [5.74, 6) is 1.51. The molecule has 0 unspecified atom stereocenters. The molecule has 0 radical (unpaired) electrons. The van der Waals surface area contributed by atoms with Gasteiger partial charge in [0.2, 0.25) is 0 Å². The van der Waals surface area contributed by atoms with E-state index in [2.05, 4.69) is 15.9 Å². The lowest BCUT2D eigenvalue weighted by molar-refractivity contribution is -0.0531. The summed E-state index contributed by atoms with van der Waals surface area (Å²) >= 11 is 9.78. The molecule has 8 heteroatoms. The van der Waals surface area contributed by atoms with Crippen molar-refractivity contribution >= 4 is 38.5 Å². The van der Waals surface area contributed by atoms with Gasteiger partial charge >= 0.3 is 0 Å². The molecule has 2 aromatic carbocycles. The summed E-state index contributed by atoms with van der Waals surface area (Å²) in [6.45, 7) is 3.95. The van der Waals surface area contributed by atoms with Gasteiger partial charge in [-0.1, -0.05) is 17.7 Å². The van der Waals surface area contributed by atoms with Crippen molar-refractivity contribution in [2.75, 3.05) is 26.4 Å². The lowest BCUT2D eigenvalue weighted by Crippen LogP contribution is -2.13. The fourth-order valence-electron chi connectivity index (χ4n) is 3.23. The Morgan fingerprint density at radius 3 is 2.70 bits per heavy atom. The topological polar surface area (TPSA) is 67.1 Å². The number of halogens is 2. The largest absolute Gasteiger partial charge is 0.493 e. The molecule has 0 spiro atoms. The zero-order valence-electron chi connectivity index (χ0n) is 16.3. The molecule has 0 saturated carbocycles. The van der Waals surface area contributed by atoms with Crippen LogP contribution in [0.2, 0.25) is 5.02 Å². The molecule has 3 aromatic rings.